The fraction of sp³-hybridized carbons (Fsp3) is 0.0169. The monoisotopic (exact) mass is 799 g/mol. The smallest absolute Gasteiger partial charge is 0.0726 e. The summed E-state index contributed by atoms with van der Waals surface area (Å²) >= 11 is 1.65. The molecule has 0 fully saturated rings. The number of anilines is 3. The third-order valence-corrected chi connectivity index (χ3v) is 13.8. The highest BCUT2D eigenvalue weighted by molar-refractivity contribution is 7.25. The minimum absolute atomic E-state index is 0.125. The summed E-state index contributed by atoms with van der Waals surface area (Å²) in [5, 5.41) is 3.63. The molecule has 61 heavy (non-hydrogen) atoms. The molecule has 0 bridgehead atoms. The first-order valence-corrected chi connectivity index (χ1v) is 21.3. The standard InChI is InChI=1S/C59H37NS/c1-2-17-45-38(13-1)14-12-22-46(45)39-27-30-42(31-28-39)60(43-16-11-15-40(35-43)41-29-34-58-52(36-41)51-21-6-10-26-57(51)61-58)44-32-33-50-49-20-5-9-25-55(49)59(56(50)37-44)53-23-7-3-18-47(53)48-19-4-8-24-54(48)59/h1-37H/i11D,15D,16D,27D,28D,30D,31D,35D. The second kappa shape index (κ2) is 13.2. The van der Waals surface area contributed by atoms with Gasteiger partial charge in [0.25, 0.3) is 0 Å². The fourth-order valence-corrected chi connectivity index (χ4v) is 11.1. The van der Waals surface area contributed by atoms with Crippen LogP contribution in [0.3, 0.4) is 0 Å². The first kappa shape index (κ1) is 27.3. The molecular weight excluding hydrogens is 755 g/mol. The normalized spacial score (nSPS) is 14.9. The zero-order valence-corrected chi connectivity index (χ0v) is 33.4. The predicted octanol–water partition coefficient (Wildman–Crippen LogP) is 16.4. The minimum atomic E-state index is -0.795. The van der Waals surface area contributed by atoms with Crippen LogP contribution in [0.5, 0.6) is 0 Å². The van der Waals surface area contributed by atoms with Crippen LogP contribution in [0, 0.1) is 0 Å². The maximum absolute atomic E-state index is 10.2. The van der Waals surface area contributed by atoms with Crippen LogP contribution in [-0.4, -0.2) is 0 Å². The fourth-order valence-electron chi connectivity index (χ4n) is 10.1. The summed E-state index contributed by atoms with van der Waals surface area (Å²) in [6.07, 6.45) is 0. The third-order valence-electron chi connectivity index (χ3n) is 12.6. The summed E-state index contributed by atoms with van der Waals surface area (Å²) in [5.74, 6) is 0. The quantitative estimate of drug-likeness (QED) is 0.168. The van der Waals surface area contributed by atoms with E-state index in [1.54, 1.807) is 11.3 Å². The summed E-state index contributed by atoms with van der Waals surface area (Å²) in [4.78, 5) is 1.49. The third kappa shape index (κ3) is 5.00. The second-order valence-corrected chi connectivity index (χ2v) is 16.8. The van der Waals surface area contributed by atoms with Crippen LogP contribution < -0.4 is 4.90 Å². The van der Waals surface area contributed by atoms with E-state index < -0.39 is 17.5 Å². The molecule has 2 aliphatic carbocycles. The average Bonchev–Trinajstić information content (AvgIpc) is 4.01. The van der Waals surface area contributed by atoms with Crippen molar-refractivity contribution in [1.29, 1.82) is 0 Å². The number of benzene rings is 10. The molecule has 2 heteroatoms. The van der Waals surface area contributed by atoms with Gasteiger partial charge in [0.05, 0.1) is 16.4 Å². The van der Waals surface area contributed by atoms with Crippen molar-refractivity contribution in [3.63, 3.8) is 0 Å². The maximum Gasteiger partial charge on any atom is 0.0726 e. The van der Waals surface area contributed by atoms with Gasteiger partial charge in [-0.15, -0.1) is 11.3 Å². The lowest BCUT2D eigenvalue weighted by Crippen LogP contribution is -2.26. The highest BCUT2D eigenvalue weighted by atomic mass is 32.1. The van der Waals surface area contributed by atoms with Crippen LogP contribution in [0.15, 0.2) is 224 Å². The van der Waals surface area contributed by atoms with Crippen molar-refractivity contribution in [2.75, 3.05) is 4.90 Å². The molecule has 0 saturated carbocycles. The molecule has 0 aliphatic heterocycles. The maximum atomic E-state index is 10.2. The van der Waals surface area contributed by atoms with E-state index in [0.29, 0.717) is 16.8 Å². The molecule has 0 N–H and O–H groups in total. The molecule has 1 aromatic heterocycles. The van der Waals surface area contributed by atoms with Crippen molar-refractivity contribution >= 4 is 59.3 Å². The predicted molar refractivity (Wildman–Crippen MR) is 259 cm³/mol. The molecule has 284 valence electrons. The number of thiophene rings is 1. The molecule has 0 saturated heterocycles. The van der Waals surface area contributed by atoms with E-state index in [1.165, 1.54) is 4.90 Å². The van der Waals surface area contributed by atoms with Gasteiger partial charge in [-0.25, -0.2) is 0 Å². The van der Waals surface area contributed by atoms with Crippen LogP contribution in [0.4, 0.5) is 17.1 Å². The first-order chi connectivity index (χ1) is 33.6. The molecule has 0 radical (unpaired) electrons. The molecule has 2 aliphatic rings. The summed E-state index contributed by atoms with van der Waals surface area (Å²) in [7, 11) is 0. The summed E-state index contributed by atoms with van der Waals surface area (Å²) in [5.41, 5.74) is 9.05. The van der Waals surface area contributed by atoms with E-state index in [-0.39, 0.29) is 58.8 Å². The van der Waals surface area contributed by atoms with Gasteiger partial charge >= 0.3 is 0 Å². The Balaban J connectivity index is 1.12. The Morgan fingerprint density at radius 1 is 0.377 bits per heavy atom. The number of nitrogens with zero attached hydrogens (tertiary/aromatic N) is 1. The zero-order chi connectivity index (χ0) is 47.0. The molecule has 1 heterocycles. The lowest BCUT2D eigenvalue weighted by molar-refractivity contribution is 0.793. The van der Waals surface area contributed by atoms with Crippen molar-refractivity contribution in [2.24, 2.45) is 0 Å². The van der Waals surface area contributed by atoms with Crippen molar-refractivity contribution in [1.82, 2.24) is 0 Å². The Morgan fingerprint density at radius 2 is 0.984 bits per heavy atom. The number of hydrogen-bond donors (Lipinski definition) is 0. The molecule has 0 unspecified atom stereocenters. The number of hydrogen-bond acceptors (Lipinski definition) is 2. The number of fused-ring (bicyclic) bond motifs is 14. The Labute approximate surface area is 370 Å². The van der Waals surface area contributed by atoms with E-state index in [4.69, 9.17) is 0 Å². The average molecular weight is 800 g/mol. The Bertz CT molecular complexity index is 3950. The van der Waals surface area contributed by atoms with Crippen LogP contribution in [0.25, 0.3) is 75.5 Å². The largest absolute Gasteiger partial charge is 0.310 e. The molecule has 11 aromatic rings. The lowest BCUT2D eigenvalue weighted by Gasteiger charge is -2.32. The molecule has 0 amide bonds. The van der Waals surface area contributed by atoms with Gasteiger partial charge in [-0.05, 0) is 132 Å². The van der Waals surface area contributed by atoms with E-state index in [2.05, 4.69) is 72.8 Å². The number of rotatable bonds is 5. The summed E-state index contributed by atoms with van der Waals surface area (Å²) in [6, 6.07) is 55.5. The van der Waals surface area contributed by atoms with Crippen LogP contribution >= 0.6 is 11.3 Å². The van der Waals surface area contributed by atoms with Gasteiger partial charge in [0.15, 0.2) is 0 Å². The lowest BCUT2D eigenvalue weighted by atomic mass is 9.70. The Hall–Kier alpha value is -7.52. The van der Waals surface area contributed by atoms with E-state index in [9.17, 15) is 11.0 Å². The molecule has 13 rings (SSSR count). The molecule has 1 nitrogen and oxygen atoms in total. The van der Waals surface area contributed by atoms with Crippen molar-refractivity contribution < 1.29 is 11.0 Å². The van der Waals surface area contributed by atoms with Gasteiger partial charge in [-0.2, -0.15) is 0 Å². The second-order valence-electron chi connectivity index (χ2n) is 15.7. The highest BCUT2D eigenvalue weighted by Crippen LogP contribution is 2.63. The molecular formula is C59H37NS. The zero-order valence-electron chi connectivity index (χ0n) is 40.6. The topological polar surface area (TPSA) is 3.24 Å². The van der Waals surface area contributed by atoms with Crippen LogP contribution in [0.2, 0.25) is 0 Å². The van der Waals surface area contributed by atoms with Crippen molar-refractivity contribution in [2.45, 2.75) is 5.41 Å². The Kier molecular flexibility index (Phi) is 5.92. The van der Waals surface area contributed by atoms with E-state index >= 15 is 0 Å². The SMILES string of the molecule is [2H]c1c([2H])c(-c2ccc3sc4ccccc4c3c2)c([2H])c(N(c2ccc3c(c2)C2(c4ccccc4-c4ccccc42)c2ccccc2-3)c2c([2H])c([2H])c(-c3cccc4ccccc34)c([2H])c2[2H])c1[2H]. The van der Waals surface area contributed by atoms with Gasteiger partial charge in [0, 0.05) is 37.2 Å². The van der Waals surface area contributed by atoms with Crippen LogP contribution in [-0.2, 0) is 5.41 Å². The van der Waals surface area contributed by atoms with Crippen LogP contribution in [0.1, 0.15) is 33.2 Å². The van der Waals surface area contributed by atoms with Gasteiger partial charge in [0.2, 0.25) is 0 Å². The van der Waals surface area contributed by atoms with Crippen molar-refractivity contribution in [3.8, 4) is 44.5 Å². The van der Waals surface area contributed by atoms with Gasteiger partial charge in [-0.1, -0.05) is 170 Å². The highest BCUT2D eigenvalue weighted by Gasteiger charge is 2.51. The van der Waals surface area contributed by atoms with E-state index in [1.807, 2.05) is 103 Å². The van der Waals surface area contributed by atoms with Crippen molar-refractivity contribution in [3.05, 3.63) is 247 Å². The first-order valence-electron chi connectivity index (χ1n) is 24.4. The van der Waals surface area contributed by atoms with Gasteiger partial charge in [0.1, 0.15) is 0 Å². The van der Waals surface area contributed by atoms with Gasteiger partial charge in [-0.3, -0.25) is 0 Å². The minimum Gasteiger partial charge on any atom is -0.310 e. The molecule has 0 atom stereocenters. The molecule has 10 aromatic carbocycles. The molecule has 1 spiro atoms. The summed E-state index contributed by atoms with van der Waals surface area (Å²) < 4.78 is 80.1. The Morgan fingerprint density at radius 3 is 1.74 bits per heavy atom. The summed E-state index contributed by atoms with van der Waals surface area (Å²) in [6.45, 7) is 0. The van der Waals surface area contributed by atoms with E-state index in [0.717, 1.165) is 75.5 Å². The van der Waals surface area contributed by atoms with Gasteiger partial charge < -0.3 is 4.90 Å².